The lowest BCUT2D eigenvalue weighted by atomic mass is 10.1. The molecular formula is C21H44P. The monoisotopic (exact) mass is 327 g/mol. The van der Waals surface area contributed by atoms with Gasteiger partial charge < -0.3 is 0 Å². The van der Waals surface area contributed by atoms with Gasteiger partial charge in [0.05, 0.1) is 0 Å². The first-order valence-electron chi connectivity index (χ1n) is 10.5. The Morgan fingerprint density at radius 3 is 0.955 bits per heavy atom. The highest BCUT2D eigenvalue weighted by molar-refractivity contribution is 7.37. The second-order valence-corrected chi connectivity index (χ2v) is 8.32. The molecule has 0 aromatic rings. The molecule has 22 heavy (non-hydrogen) atoms. The highest BCUT2D eigenvalue weighted by atomic mass is 31.1. The summed E-state index contributed by atoms with van der Waals surface area (Å²) in [5.74, 6) is 0. The summed E-state index contributed by atoms with van der Waals surface area (Å²) in [6.07, 6.45) is 27.8. The van der Waals surface area contributed by atoms with Crippen LogP contribution in [-0.4, -0.2) is 12.3 Å². The smallest absolute Gasteiger partial charge is 0.0287 e. The fraction of sp³-hybridized carbons (Fsp3) is 1.00. The standard InChI is InChI=1S/C21H44P/c1-3-5-7-9-11-13-15-17-19-21-22-20-18-16-14-12-10-8-6-4-2/h3-21H2,1-2H3. The minimum Gasteiger partial charge on any atom is -0.0810 e. The topological polar surface area (TPSA) is 0 Å². The van der Waals surface area contributed by atoms with Gasteiger partial charge in [-0.1, -0.05) is 119 Å². The van der Waals surface area contributed by atoms with Gasteiger partial charge in [0.1, 0.15) is 0 Å². The molecule has 0 saturated heterocycles. The van der Waals surface area contributed by atoms with E-state index in [2.05, 4.69) is 13.8 Å². The van der Waals surface area contributed by atoms with E-state index < -0.39 is 0 Å². The number of hydrogen-bond acceptors (Lipinski definition) is 0. The van der Waals surface area contributed by atoms with Crippen LogP contribution in [0.5, 0.6) is 0 Å². The van der Waals surface area contributed by atoms with Crippen molar-refractivity contribution in [2.45, 2.75) is 123 Å². The normalized spacial score (nSPS) is 11.7. The summed E-state index contributed by atoms with van der Waals surface area (Å²) in [6, 6.07) is 0. The zero-order chi connectivity index (χ0) is 16.1. The van der Waals surface area contributed by atoms with Gasteiger partial charge in [0.25, 0.3) is 0 Å². The van der Waals surface area contributed by atoms with Crippen LogP contribution < -0.4 is 0 Å². The molecule has 0 unspecified atom stereocenters. The van der Waals surface area contributed by atoms with Crippen LogP contribution in [0, 0.1) is 0 Å². The number of unbranched alkanes of at least 4 members (excludes halogenated alkanes) is 15. The first-order chi connectivity index (χ1) is 10.9. The maximum Gasteiger partial charge on any atom is -0.0287 e. The quantitative estimate of drug-likeness (QED) is 0.164. The molecule has 133 valence electrons. The molecule has 0 bridgehead atoms. The Morgan fingerprint density at radius 1 is 0.364 bits per heavy atom. The van der Waals surface area contributed by atoms with Crippen molar-refractivity contribution in [1.82, 2.24) is 0 Å². The van der Waals surface area contributed by atoms with Crippen LogP contribution in [0.15, 0.2) is 0 Å². The lowest BCUT2D eigenvalue weighted by Gasteiger charge is -2.03. The van der Waals surface area contributed by atoms with Gasteiger partial charge in [-0.2, -0.15) is 0 Å². The Hall–Kier alpha value is 0.430. The van der Waals surface area contributed by atoms with Gasteiger partial charge >= 0.3 is 0 Å². The van der Waals surface area contributed by atoms with Crippen molar-refractivity contribution in [2.75, 3.05) is 12.3 Å². The summed E-state index contributed by atoms with van der Waals surface area (Å²) in [7, 11) is 1.73. The van der Waals surface area contributed by atoms with Crippen molar-refractivity contribution in [3.05, 3.63) is 0 Å². The van der Waals surface area contributed by atoms with Crippen LogP contribution in [0.4, 0.5) is 0 Å². The molecule has 0 fully saturated rings. The highest BCUT2D eigenvalue weighted by Crippen LogP contribution is 2.18. The van der Waals surface area contributed by atoms with Gasteiger partial charge in [-0.15, -0.1) is 0 Å². The Bertz CT molecular complexity index is 159. The molecule has 0 aromatic carbocycles. The van der Waals surface area contributed by atoms with Gasteiger partial charge in [-0.25, -0.2) is 0 Å². The minimum absolute atomic E-state index is 1.37. The lowest BCUT2D eigenvalue weighted by molar-refractivity contribution is 0.573. The van der Waals surface area contributed by atoms with Crippen molar-refractivity contribution >= 4 is 8.58 Å². The summed E-state index contributed by atoms with van der Waals surface area (Å²) >= 11 is 0. The average Bonchev–Trinajstić information content (AvgIpc) is 2.54. The average molecular weight is 328 g/mol. The van der Waals surface area contributed by atoms with Crippen LogP contribution >= 0.6 is 8.58 Å². The maximum atomic E-state index is 2.30. The molecule has 0 aromatic heterocycles. The van der Waals surface area contributed by atoms with Crippen LogP contribution in [-0.2, 0) is 0 Å². The summed E-state index contributed by atoms with van der Waals surface area (Å²) in [6.45, 7) is 4.60. The molecule has 0 heterocycles. The fourth-order valence-electron chi connectivity index (χ4n) is 3.00. The minimum atomic E-state index is 1.37. The first-order valence-corrected chi connectivity index (χ1v) is 11.8. The van der Waals surface area contributed by atoms with Gasteiger partial charge in [0, 0.05) is 0 Å². The predicted molar refractivity (Wildman–Crippen MR) is 106 cm³/mol. The summed E-state index contributed by atoms with van der Waals surface area (Å²) < 4.78 is 0. The summed E-state index contributed by atoms with van der Waals surface area (Å²) in [5, 5.41) is 0. The molecule has 0 aliphatic rings. The molecule has 1 heteroatoms. The van der Waals surface area contributed by atoms with Crippen molar-refractivity contribution in [1.29, 1.82) is 0 Å². The van der Waals surface area contributed by atoms with Gasteiger partial charge in [0.2, 0.25) is 0 Å². The largest absolute Gasteiger partial charge is 0.0810 e. The molecule has 0 nitrogen and oxygen atoms in total. The molecule has 0 saturated carbocycles. The molecule has 0 aliphatic heterocycles. The number of rotatable bonds is 19. The third-order valence-electron chi connectivity index (χ3n) is 4.59. The highest BCUT2D eigenvalue weighted by Gasteiger charge is 1.95. The third-order valence-corrected chi connectivity index (χ3v) is 5.85. The second kappa shape index (κ2) is 21.4. The zero-order valence-corrected chi connectivity index (χ0v) is 16.8. The van der Waals surface area contributed by atoms with E-state index in [4.69, 9.17) is 0 Å². The van der Waals surface area contributed by atoms with Gasteiger partial charge in [-0.05, 0) is 25.2 Å². The van der Waals surface area contributed by atoms with Crippen molar-refractivity contribution in [3.8, 4) is 0 Å². The van der Waals surface area contributed by atoms with Crippen LogP contribution in [0.1, 0.15) is 123 Å². The van der Waals surface area contributed by atoms with E-state index in [0.29, 0.717) is 0 Å². The van der Waals surface area contributed by atoms with Crippen molar-refractivity contribution < 1.29 is 0 Å². The van der Waals surface area contributed by atoms with Crippen LogP contribution in [0.2, 0.25) is 0 Å². The van der Waals surface area contributed by atoms with Gasteiger partial charge in [0.15, 0.2) is 0 Å². The molecular weight excluding hydrogens is 283 g/mol. The van der Waals surface area contributed by atoms with E-state index in [-0.39, 0.29) is 0 Å². The number of hydrogen-bond donors (Lipinski definition) is 0. The molecule has 0 N–H and O–H groups in total. The summed E-state index contributed by atoms with van der Waals surface area (Å²) in [5.41, 5.74) is 0. The van der Waals surface area contributed by atoms with Crippen LogP contribution in [0.25, 0.3) is 0 Å². The van der Waals surface area contributed by atoms with E-state index >= 15 is 0 Å². The molecule has 0 spiro atoms. The van der Waals surface area contributed by atoms with Crippen LogP contribution in [0.3, 0.4) is 0 Å². The Morgan fingerprint density at radius 2 is 0.636 bits per heavy atom. The zero-order valence-electron chi connectivity index (χ0n) is 15.9. The lowest BCUT2D eigenvalue weighted by Crippen LogP contribution is -1.85. The third kappa shape index (κ3) is 20.4. The Labute approximate surface area is 144 Å². The summed E-state index contributed by atoms with van der Waals surface area (Å²) in [4.78, 5) is 0. The van der Waals surface area contributed by atoms with E-state index in [9.17, 15) is 0 Å². The molecule has 0 aliphatic carbocycles. The maximum absolute atomic E-state index is 2.30. The molecule has 1 radical (unpaired) electrons. The molecule has 0 amide bonds. The van der Waals surface area contributed by atoms with E-state index in [1.807, 2.05) is 0 Å². The molecule has 0 atom stereocenters. The second-order valence-electron chi connectivity index (χ2n) is 6.97. The van der Waals surface area contributed by atoms with Crippen molar-refractivity contribution in [3.63, 3.8) is 0 Å². The van der Waals surface area contributed by atoms with E-state index in [1.54, 1.807) is 8.58 Å². The fourth-order valence-corrected chi connectivity index (χ4v) is 4.12. The van der Waals surface area contributed by atoms with Gasteiger partial charge in [-0.3, -0.25) is 0 Å². The van der Waals surface area contributed by atoms with E-state index in [1.165, 1.54) is 121 Å². The van der Waals surface area contributed by atoms with Crippen molar-refractivity contribution in [2.24, 2.45) is 0 Å². The predicted octanol–water partition coefficient (Wildman–Crippen LogP) is 8.60. The first kappa shape index (κ1) is 22.4. The Kier molecular flexibility index (Phi) is 21.8. The SMILES string of the molecule is CCCCCCCCCCC[P]CCCCCCCCCC. The Balaban J connectivity index is 2.91. The molecule has 0 rings (SSSR count). The van der Waals surface area contributed by atoms with E-state index in [0.717, 1.165) is 0 Å².